The summed E-state index contributed by atoms with van der Waals surface area (Å²) in [5.74, 6) is 0. The van der Waals surface area contributed by atoms with Crippen molar-refractivity contribution in [2.45, 2.75) is 96.6 Å². The lowest BCUT2D eigenvalue weighted by Crippen LogP contribution is -2.57. The van der Waals surface area contributed by atoms with Gasteiger partial charge < -0.3 is 14.6 Å². The molecule has 9 nitrogen and oxygen atoms in total. The fraction of sp³-hybridized carbons (Fsp3) is 0.833. The number of aromatic nitrogens is 3. The van der Waals surface area contributed by atoms with Gasteiger partial charge in [0.15, 0.2) is 0 Å². The van der Waals surface area contributed by atoms with Crippen LogP contribution in [0.15, 0.2) is 14.4 Å². The molecular weight excluding hydrogens is 354 g/mol. The molecule has 2 aliphatic heterocycles. The van der Waals surface area contributed by atoms with Crippen molar-refractivity contribution in [3.8, 4) is 0 Å². The average Bonchev–Trinajstić information content (AvgIpc) is 3.44. The van der Waals surface area contributed by atoms with Gasteiger partial charge in [0.1, 0.15) is 12.2 Å². The van der Waals surface area contributed by atoms with Crippen molar-refractivity contribution in [3.63, 3.8) is 0 Å². The highest BCUT2D eigenvalue weighted by molar-refractivity contribution is 4.97. The van der Waals surface area contributed by atoms with Crippen LogP contribution in [0.2, 0.25) is 0 Å². The standard InChI is InChI=1S/C18H29N3O6/c1-8(7-9(2)22)19-16(23)20(10(3)14-12(5)26-14)18(25)21(17(19)24)11(4)15-13(6)27-15/h8-15,22H,7H2,1-6H3. The third kappa shape index (κ3) is 3.55. The van der Waals surface area contributed by atoms with E-state index in [0.717, 1.165) is 13.7 Å². The number of aliphatic hydroxyl groups excluding tert-OH is 1. The first-order valence-corrected chi connectivity index (χ1v) is 9.54. The zero-order valence-electron chi connectivity index (χ0n) is 16.7. The van der Waals surface area contributed by atoms with Crippen LogP contribution < -0.4 is 17.1 Å². The molecule has 2 saturated heterocycles. The van der Waals surface area contributed by atoms with E-state index in [9.17, 15) is 19.5 Å². The molecule has 3 rings (SSSR count). The van der Waals surface area contributed by atoms with Gasteiger partial charge in [-0.05, 0) is 48.0 Å². The van der Waals surface area contributed by atoms with Crippen molar-refractivity contribution in [1.82, 2.24) is 13.7 Å². The van der Waals surface area contributed by atoms with Crippen LogP contribution in [-0.4, -0.2) is 49.3 Å². The van der Waals surface area contributed by atoms with E-state index in [1.807, 2.05) is 13.8 Å². The van der Waals surface area contributed by atoms with Gasteiger partial charge in [-0.1, -0.05) is 0 Å². The Morgan fingerprint density at radius 1 is 0.815 bits per heavy atom. The molecule has 1 aromatic rings. The summed E-state index contributed by atoms with van der Waals surface area (Å²) >= 11 is 0. The average molecular weight is 383 g/mol. The monoisotopic (exact) mass is 383 g/mol. The maximum atomic E-state index is 13.1. The SMILES string of the molecule is CC(O)CC(C)n1c(=O)n(C(C)C2OC2C)c(=O)n(C(C)C2OC2C)c1=O. The summed E-state index contributed by atoms with van der Waals surface area (Å²) in [5, 5.41) is 9.71. The van der Waals surface area contributed by atoms with Gasteiger partial charge in [0, 0.05) is 6.04 Å². The lowest BCUT2D eigenvalue weighted by molar-refractivity contribution is 0.160. The van der Waals surface area contributed by atoms with Crippen LogP contribution in [0, 0.1) is 0 Å². The fourth-order valence-corrected chi connectivity index (χ4v) is 3.98. The third-order valence-electron chi connectivity index (χ3n) is 5.64. The van der Waals surface area contributed by atoms with Crippen molar-refractivity contribution in [2.24, 2.45) is 0 Å². The molecule has 8 atom stereocenters. The Morgan fingerprint density at radius 2 is 1.15 bits per heavy atom. The molecular formula is C18H29N3O6. The molecule has 2 aliphatic rings. The van der Waals surface area contributed by atoms with Gasteiger partial charge in [-0.15, -0.1) is 0 Å². The highest BCUT2D eigenvalue weighted by atomic mass is 16.6. The van der Waals surface area contributed by atoms with E-state index in [0.29, 0.717) is 0 Å². The van der Waals surface area contributed by atoms with Crippen molar-refractivity contribution < 1.29 is 14.6 Å². The lowest BCUT2D eigenvalue weighted by atomic mass is 10.1. The van der Waals surface area contributed by atoms with Crippen LogP contribution in [-0.2, 0) is 9.47 Å². The maximum Gasteiger partial charge on any atom is 0.337 e. The van der Waals surface area contributed by atoms with Crippen LogP contribution in [0.1, 0.15) is 66.1 Å². The Kier molecular flexibility index (Phi) is 5.22. The number of nitrogens with zero attached hydrogens (tertiary/aromatic N) is 3. The molecule has 27 heavy (non-hydrogen) atoms. The van der Waals surface area contributed by atoms with Gasteiger partial charge in [-0.3, -0.25) is 0 Å². The molecule has 0 spiro atoms. The molecule has 2 fully saturated rings. The highest BCUT2D eigenvalue weighted by Gasteiger charge is 2.44. The van der Waals surface area contributed by atoms with Crippen molar-refractivity contribution in [1.29, 1.82) is 0 Å². The first-order chi connectivity index (χ1) is 12.6. The minimum atomic E-state index is -0.687. The number of ether oxygens (including phenoxy) is 2. The van der Waals surface area contributed by atoms with Gasteiger partial charge in [0.2, 0.25) is 0 Å². The molecule has 9 heteroatoms. The van der Waals surface area contributed by atoms with E-state index in [1.54, 1.807) is 27.7 Å². The lowest BCUT2D eigenvalue weighted by Gasteiger charge is -2.23. The van der Waals surface area contributed by atoms with Gasteiger partial charge in [0.25, 0.3) is 0 Å². The Labute approximate surface area is 157 Å². The van der Waals surface area contributed by atoms with Crippen LogP contribution in [0.5, 0.6) is 0 Å². The predicted molar refractivity (Wildman–Crippen MR) is 98.3 cm³/mol. The normalized spacial score (nSPS) is 31.2. The zero-order valence-corrected chi connectivity index (χ0v) is 16.7. The largest absolute Gasteiger partial charge is 0.393 e. The Bertz CT molecular complexity index is 824. The Morgan fingerprint density at radius 3 is 1.44 bits per heavy atom. The smallest absolute Gasteiger partial charge is 0.337 e. The molecule has 0 aromatic carbocycles. The van der Waals surface area contributed by atoms with Gasteiger partial charge in [0.05, 0.1) is 30.4 Å². The van der Waals surface area contributed by atoms with Crippen molar-refractivity contribution in [3.05, 3.63) is 31.5 Å². The third-order valence-corrected chi connectivity index (χ3v) is 5.64. The molecule has 3 heterocycles. The summed E-state index contributed by atoms with van der Waals surface area (Å²) in [6, 6.07) is -1.55. The van der Waals surface area contributed by atoms with E-state index in [2.05, 4.69) is 0 Å². The van der Waals surface area contributed by atoms with Crippen LogP contribution in [0.4, 0.5) is 0 Å². The maximum absolute atomic E-state index is 13.1. The van der Waals surface area contributed by atoms with E-state index in [-0.39, 0.29) is 30.8 Å². The molecule has 0 amide bonds. The van der Waals surface area contributed by atoms with E-state index >= 15 is 0 Å². The summed E-state index contributed by atoms with van der Waals surface area (Å²) in [5.41, 5.74) is -1.97. The minimum absolute atomic E-state index is 0.0424. The number of hydrogen-bond donors (Lipinski definition) is 1. The Hall–Kier alpha value is -1.71. The molecule has 0 bridgehead atoms. The summed E-state index contributed by atoms with van der Waals surface area (Å²) in [7, 11) is 0. The number of epoxide rings is 2. The summed E-state index contributed by atoms with van der Waals surface area (Å²) in [6.07, 6.45) is -1.03. The highest BCUT2D eigenvalue weighted by Crippen LogP contribution is 2.32. The molecule has 1 aromatic heterocycles. The zero-order chi connectivity index (χ0) is 20.2. The van der Waals surface area contributed by atoms with Crippen LogP contribution >= 0.6 is 0 Å². The second-order valence-corrected chi connectivity index (χ2v) is 7.98. The van der Waals surface area contributed by atoms with Crippen LogP contribution in [0.3, 0.4) is 0 Å². The number of aliphatic hydroxyl groups is 1. The number of hydrogen-bond acceptors (Lipinski definition) is 6. The quantitative estimate of drug-likeness (QED) is 0.674. The minimum Gasteiger partial charge on any atom is -0.393 e. The summed E-state index contributed by atoms with van der Waals surface area (Å²) in [4.78, 5) is 39.3. The summed E-state index contributed by atoms with van der Waals surface area (Å²) in [6.45, 7) is 10.5. The molecule has 0 aliphatic carbocycles. The molecule has 152 valence electrons. The van der Waals surface area contributed by atoms with Gasteiger partial charge in [-0.2, -0.15) is 0 Å². The molecule has 8 unspecified atom stereocenters. The summed E-state index contributed by atoms with van der Waals surface area (Å²) < 4.78 is 14.2. The first kappa shape index (κ1) is 20.0. The second kappa shape index (κ2) is 7.03. The van der Waals surface area contributed by atoms with E-state index in [4.69, 9.17) is 9.47 Å². The number of rotatable bonds is 7. The first-order valence-electron chi connectivity index (χ1n) is 9.54. The molecule has 1 N–H and O–H groups in total. The van der Waals surface area contributed by atoms with Crippen LogP contribution in [0.25, 0.3) is 0 Å². The van der Waals surface area contributed by atoms with Gasteiger partial charge in [-0.25, -0.2) is 28.1 Å². The van der Waals surface area contributed by atoms with Gasteiger partial charge >= 0.3 is 17.1 Å². The predicted octanol–water partition coefficient (Wildman–Crippen LogP) is 0.200. The van der Waals surface area contributed by atoms with E-state index in [1.165, 1.54) is 0 Å². The van der Waals surface area contributed by atoms with Crippen molar-refractivity contribution in [2.75, 3.05) is 0 Å². The molecule has 0 saturated carbocycles. The topological polar surface area (TPSA) is 111 Å². The van der Waals surface area contributed by atoms with Crippen molar-refractivity contribution >= 4 is 0 Å². The second-order valence-electron chi connectivity index (χ2n) is 7.98. The Balaban J connectivity index is 2.19. The fourth-order valence-electron chi connectivity index (χ4n) is 3.98. The van der Waals surface area contributed by atoms with E-state index < -0.39 is 41.3 Å². The molecule has 0 radical (unpaired) electrons.